The van der Waals surface area contributed by atoms with Crippen molar-refractivity contribution in [2.24, 2.45) is 5.92 Å². The molecule has 0 unspecified atom stereocenters. The molecule has 9 heteroatoms. The van der Waals surface area contributed by atoms with Crippen LogP contribution in [0.1, 0.15) is 51.0 Å². The van der Waals surface area contributed by atoms with Gasteiger partial charge in [-0.05, 0) is 74.4 Å². The first kappa shape index (κ1) is 25.5. The minimum atomic E-state index is -0.0536. The number of hydrogen-bond acceptors (Lipinski definition) is 6. The quantitative estimate of drug-likeness (QED) is 0.508. The van der Waals surface area contributed by atoms with Crippen molar-refractivity contribution in [3.05, 3.63) is 40.9 Å². The Bertz CT molecular complexity index is 1040. The van der Waals surface area contributed by atoms with Gasteiger partial charge in [-0.15, -0.1) is 0 Å². The van der Waals surface area contributed by atoms with E-state index >= 15 is 0 Å². The van der Waals surface area contributed by atoms with Crippen LogP contribution in [0.2, 0.25) is 5.02 Å². The summed E-state index contributed by atoms with van der Waals surface area (Å²) in [5, 5.41) is 8.08. The largest absolute Gasteiger partial charge is 0.381 e. The van der Waals surface area contributed by atoms with E-state index in [-0.39, 0.29) is 5.41 Å². The van der Waals surface area contributed by atoms with Gasteiger partial charge in [-0.2, -0.15) is 9.97 Å². The minimum Gasteiger partial charge on any atom is -0.381 e. The highest BCUT2D eigenvalue weighted by Gasteiger charge is 2.34. The van der Waals surface area contributed by atoms with Crippen molar-refractivity contribution < 1.29 is 4.74 Å². The van der Waals surface area contributed by atoms with E-state index in [0.29, 0.717) is 23.5 Å². The Kier molecular flexibility index (Phi) is 8.13. The Morgan fingerprint density at radius 3 is 2.42 bits per heavy atom. The molecule has 0 saturated carbocycles. The second kappa shape index (κ2) is 11.5. The molecule has 1 aromatic carbocycles. The average Bonchev–Trinajstić information content (AvgIpc) is 3.44. The fraction of sp³-hybridized carbons (Fsp3) is 0.593. The Morgan fingerprint density at radius 2 is 1.72 bits per heavy atom. The highest BCUT2D eigenvalue weighted by molar-refractivity contribution is 7.80. The van der Waals surface area contributed by atoms with Crippen LogP contribution >= 0.6 is 23.8 Å². The Labute approximate surface area is 225 Å². The smallest absolute Gasteiger partial charge is 0.232 e. The molecule has 36 heavy (non-hydrogen) atoms. The molecule has 1 aromatic heterocycles. The average molecular weight is 529 g/mol. The fourth-order valence-electron chi connectivity index (χ4n) is 5.67. The molecular weight excluding hydrogens is 492 g/mol. The predicted octanol–water partition coefficient (Wildman–Crippen LogP) is 5.00. The lowest BCUT2D eigenvalue weighted by Gasteiger charge is -2.38. The summed E-state index contributed by atoms with van der Waals surface area (Å²) in [4.78, 5) is 14.5. The van der Waals surface area contributed by atoms with E-state index in [1.165, 1.54) is 31.2 Å². The second-order valence-corrected chi connectivity index (χ2v) is 11.3. The second-order valence-electron chi connectivity index (χ2n) is 10.5. The van der Waals surface area contributed by atoms with Gasteiger partial charge in [-0.25, -0.2) is 0 Å². The minimum absolute atomic E-state index is 0.0536. The molecule has 2 aromatic rings. The Hall–Kier alpha value is -2.16. The third-order valence-electron chi connectivity index (χ3n) is 7.83. The van der Waals surface area contributed by atoms with Crippen LogP contribution in [-0.4, -0.2) is 61.0 Å². The van der Waals surface area contributed by atoms with Crippen molar-refractivity contribution in [3.63, 3.8) is 0 Å². The Balaban J connectivity index is 1.31. The lowest BCUT2D eigenvalue weighted by molar-refractivity contribution is 0.0515. The van der Waals surface area contributed by atoms with E-state index in [1.807, 2.05) is 12.1 Å². The zero-order chi connectivity index (χ0) is 25.0. The molecule has 0 aliphatic carbocycles. The van der Waals surface area contributed by atoms with Crippen LogP contribution < -0.4 is 20.4 Å². The van der Waals surface area contributed by atoms with E-state index in [0.717, 1.165) is 68.9 Å². The molecule has 0 bridgehead atoms. The first-order chi connectivity index (χ1) is 17.5. The number of piperidine rings is 1. The molecule has 3 fully saturated rings. The molecular formula is C27H37ClN6OS. The zero-order valence-electron chi connectivity index (χ0n) is 21.1. The number of thiocarbonyl (C=S) groups is 1. The summed E-state index contributed by atoms with van der Waals surface area (Å²) in [7, 11) is 0. The lowest BCUT2D eigenvalue weighted by Crippen LogP contribution is -2.45. The molecule has 3 saturated heterocycles. The molecule has 3 aliphatic heterocycles. The fourth-order valence-corrected chi connectivity index (χ4v) is 5.96. The maximum atomic E-state index is 6.16. The van der Waals surface area contributed by atoms with Crippen molar-refractivity contribution in [1.82, 2.24) is 15.3 Å². The number of nitrogens with zero attached hydrogens (tertiary/aromatic N) is 4. The number of aromatic nitrogens is 2. The van der Waals surface area contributed by atoms with Gasteiger partial charge >= 0.3 is 0 Å². The summed E-state index contributed by atoms with van der Waals surface area (Å²) in [5.74, 6) is 3.22. The summed E-state index contributed by atoms with van der Waals surface area (Å²) >= 11 is 11.9. The first-order valence-electron chi connectivity index (χ1n) is 13.3. The van der Waals surface area contributed by atoms with Crippen LogP contribution in [0, 0.1) is 5.92 Å². The number of anilines is 3. The molecule has 0 amide bonds. The van der Waals surface area contributed by atoms with Crippen molar-refractivity contribution in [3.8, 4) is 0 Å². The summed E-state index contributed by atoms with van der Waals surface area (Å²) in [6, 6.07) is 10.3. The summed E-state index contributed by atoms with van der Waals surface area (Å²) in [6.45, 7) is 8.67. The predicted molar refractivity (Wildman–Crippen MR) is 151 cm³/mol. The number of benzene rings is 1. The monoisotopic (exact) mass is 528 g/mol. The topological polar surface area (TPSA) is 65.5 Å². The van der Waals surface area contributed by atoms with Crippen LogP contribution in [-0.2, 0) is 10.2 Å². The van der Waals surface area contributed by atoms with Gasteiger partial charge < -0.3 is 25.2 Å². The molecule has 0 radical (unpaired) electrons. The highest BCUT2D eigenvalue weighted by Crippen LogP contribution is 2.35. The third-order valence-corrected chi connectivity index (χ3v) is 8.33. The van der Waals surface area contributed by atoms with Gasteiger partial charge in [0.2, 0.25) is 5.95 Å². The number of rotatable bonds is 6. The van der Waals surface area contributed by atoms with Crippen molar-refractivity contribution in [2.45, 2.75) is 50.9 Å². The van der Waals surface area contributed by atoms with Crippen LogP contribution in [0.5, 0.6) is 0 Å². The first-order valence-corrected chi connectivity index (χ1v) is 14.1. The van der Waals surface area contributed by atoms with Crippen LogP contribution in [0.15, 0.2) is 30.3 Å². The van der Waals surface area contributed by atoms with E-state index in [9.17, 15) is 0 Å². The molecule has 3 aliphatic rings. The van der Waals surface area contributed by atoms with E-state index < -0.39 is 0 Å². The van der Waals surface area contributed by atoms with E-state index in [2.05, 4.69) is 45.6 Å². The standard InChI is InChI=1S/C27H37ClN6OS/c1-20-5-4-14-34(18-20)24-17-23(33-12-2-3-13-33)30-25(31-24)32-26(36)29-19-27(10-15-35-16-11-27)21-6-8-22(28)9-7-21/h6-9,17,20H,2-5,10-16,18-19H2,1H3,(H2,29,30,31,32,36)/t20-/m0/s1. The normalized spacial score (nSPS) is 21.9. The van der Waals surface area contributed by atoms with E-state index in [1.54, 1.807) is 0 Å². The molecule has 4 heterocycles. The highest BCUT2D eigenvalue weighted by atomic mass is 35.5. The molecule has 2 N–H and O–H groups in total. The summed E-state index contributed by atoms with van der Waals surface area (Å²) in [5.41, 5.74) is 1.21. The van der Waals surface area contributed by atoms with Crippen molar-refractivity contribution in [2.75, 3.05) is 61.1 Å². The van der Waals surface area contributed by atoms with Crippen LogP contribution in [0.25, 0.3) is 0 Å². The molecule has 1 atom stereocenters. The van der Waals surface area contributed by atoms with Gasteiger partial charge in [0.15, 0.2) is 5.11 Å². The van der Waals surface area contributed by atoms with Gasteiger partial charge in [0.05, 0.1) is 0 Å². The summed E-state index contributed by atoms with van der Waals surface area (Å²) in [6.07, 6.45) is 6.76. The van der Waals surface area contributed by atoms with Gasteiger partial charge in [0, 0.05) is 62.4 Å². The van der Waals surface area contributed by atoms with Crippen LogP contribution in [0.3, 0.4) is 0 Å². The van der Waals surface area contributed by atoms with E-state index in [4.69, 9.17) is 38.5 Å². The molecule has 7 nitrogen and oxygen atoms in total. The third kappa shape index (κ3) is 6.03. The van der Waals surface area contributed by atoms with Gasteiger partial charge in [0.25, 0.3) is 0 Å². The molecule has 5 rings (SSSR count). The number of nitrogens with one attached hydrogen (secondary N) is 2. The summed E-state index contributed by atoms with van der Waals surface area (Å²) < 4.78 is 5.68. The maximum absolute atomic E-state index is 6.16. The number of halogens is 1. The van der Waals surface area contributed by atoms with Gasteiger partial charge in [0.1, 0.15) is 11.6 Å². The molecule has 194 valence electrons. The number of hydrogen-bond donors (Lipinski definition) is 2. The lowest BCUT2D eigenvalue weighted by atomic mass is 9.74. The van der Waals surface area contributed by atoms with Crippen LogP contribution in [0.4, 0.5) is 17.6 Å². The van der Waals surface area contributed by atoms with Gasteiger partial charge in [-0.3, -0.25) is 0 Å². The van der Waals surface area contributed by atoms with Crippen molar-refractivity contribution in [1.29, 1.82) is 0 Å². The molecule has 0 spiro atoms. The van der Waals surface area contributed by atoms with Gasteiger partial charge in [-0.1, -0.05) is 30.7 Å². The zero-order valence-corrected chi connectivity index (χ0v) is 22.7. The maximum Gasteiger partial charge on any atom is 0.232 e. The Morgan fingerprint density at radius 1 is 1.06 bits per heavy atom. The van der Waals surface area contributed by atoms with Crippen molar-refractivity contribution >= 4 is 46.5 Å². The SMILES string of the molecule is C[C@H]1CCCN(c2cc(N3CCCC3)nc(NC(=S)NCC3(c4ccc(Cl)cc4)CCOCC3)n2)C1. The number of ether oxygens (including phenoxy) is 1.